The Morgan fingerprint density at radius 3 is 2.67 bits per heavy atom. The molecule has 114 valence electrons. The third-order valence-corrected chi connectivity index (χ3v) is 4.54. The third kappa shape index (κ3) is 4.54. The van der Waals surface area contributed by atoms with Crippen LogP contribution in [-0.4, -0.2) is 18.0 Å². The molecule has 21 heavy (non-hydrogen) atoms. The molecule has 1 aliphatic rings. The van der Waals surface area contributed by atoms with Crippen LogP contribution >= 0.6 is 0 Å². The van der Waals surface area contributed by atoms with E-state index >= 15 is 0 Å². The lowest BCUT2D eigenvalue weighted by atomic mass is 9.77. The highest BCUT2D eigenvalue weighted by Crippen LogP contribution is 2.34. The van der Waals surface area contributed by atoms with E-state index < -0.39 is 0 Å². The maximum atomic E-state index is 13.5. The molecular weight excluding hydrogens is 263 g/mol. The Morgan fingerprint density at radius 1 is 1.24 bits per heavy atom. The number of hydrogen-bond donors (Lipinski definition) is 0. The molecule has 1 aromatic rings. The minimum atomic E-state index is -0.313. The molecule has 1 unspecified atom stereocenters. The molecule has 0 N–H and O–H groups in total. The van der Waals surface area contributed by atoms with E-state index in [1.54, 1.807) is 12.1 Å². The summed E-state index contributed by atoms with van der Waals surface area (Å²) in [6.07, 6.45) is 3.67. The van der Waals surface area contributed by atoms with E-state index in [2.05, 4.69) is 25.7 Å². The number of hydrogen-bond acceptors (Lipinski definition) is 2. The molecule has 1 saturated heterocycles. The molecule has 0 aliphatic carbocycles. The maximum Gasteiger partial charge on any atom is 0.124 e. The number of nitriles is 1. The Bertz CT molecular complexity index is 525. The lowest BCUT2D eigenvalue weighted by Crippen LogP contribution is -2.26. The van der Waals surface area contributed by atoms with Crippen LogP contribution < -0.4 is 0 Å². The summed E-state index contributed by atoms with van der Waals surface area (Å²) in [6.45, 7) is 9.81. The molecule has 0 bridgehead atoms. The van der Waals surface area contributed by atoms with Crippen molar-refractivity contribution in [2.45, 2.75) is 46.6 Å². The summed E-state index contributed by atoms with van der Waals surface area (Å²) in [4.78, 5) is 2.39. The van der Waals surface area contributed by atoms with Gasteiger partial charge in [-0.05, 0) is 67.4 Å². The van der Waals surface area contributed by atoms with Gasteiger partial charge in [0, 0.05) is 6.54 Å². The van der Waals surface area contributed by atoms with E-state index in [1.165, 1.54) is 25.3 Å². The van der Waals surface area contributed by atoms with Crippen LogP contribution in [0.3, 0.4) is 0 Å². The van der Waals surface area contributed by atoms with Gasteiger partial charge in [0.05, 0.1) is 11.6 Å². The summed E-state index contributed by atoms with van der Waals surface area (Å²) in [6, 6.07) is 6.67. The first-order valence-electron chi connectivity index (χ1n) is 7.80. The van der Waals surface area contributed by atoms with Crippen LogP contribution in [0.15, 0.2) is 18.2 Å². The topological polar surface area (TPSA) is 27.0 Å². The molecular formula is C18H25FN2. The van der Waals surface area contributed by atoms with E-state index in [0.717, 1.165) is 31.1 Å². The van der Waals surface area contributed by atoms with Crippen molar-refractivity contribution in [3.63, 3.8) is 0 Å². The molecule has 3 heteroatoms. The molecule has 1 atom stereocenters. The first-order chi connectivity index (χ1) is 9.88. The predicted molar refractivity (Wildman–Crippen MR) is 83.2 cm³/mol. The lowest BCUT2D eigenvalue weighted by molar-refractivity contribution is 0.206. The zero-order chi connectivity index (χ0) is 15.5. The average molecular weight is 288 g/mol. The van der Waals surface area contributed by atoms with E-state index in [9.17, 15) is 4.39 Å². The predicted octanol–water partition coefficient (Wildman–Crippen LogP) is 4.35. The van der Waals surface area contributed by atoms with Crippen molar-refractivity contribution < 1.29 is 4.39 Å². The molecule has 0 aromatic heterocycles. The average Bonchev–Trinajstić information content (AvgIpc) is 2.63. The van der Waals surface area contributed by atoms with Crippen molar-refractivity contribution >= 4 is 0 Å². The van der Waals surface area contributed by atoms with E-state index in [0.29, 0.717) is 11.0 Å². The fourth-order valence-corrected chi connectivity index (χ4v) is 3.24. The molecule has 1 heterocycles. The quantitative estimate of drug-likeness (QED) is 0.809. The highest BCUT2D eigenvalue weighted by Gasteiger charge is 2.27. The second kappa shape index (κ2) is 6.58. The van der Waals surface area contributed by atoms with Crippen LogP contribution in [0.4, 0.5) is 4.39 Å². The molecule has 2 rings (SSSR count). The summed E-state index contributed by atoms with van der Waals surface area (Å²) in [5, 5.41) is 8.93. The van der Waals surface area contributed by atoms with Crippen molar-refractivity contribution in [3.05, 3.63) is 35.1 Å². The monoisotopic (exact) mass is 288 g/mol. The Balaban J connectivity index is 2.01. The number of likely N-dealkylation sites (tertiary alicyclic amines) is 1. The Hall–Kier alpha value is -1.40. The van der Waals surface area contributed by atoms with Crippen LogP contribution in [0.1, 0.15) is 51.2 Å². The molecule has 1 aliphatic heterocycles. The van der Waals surface area contributed by atoms with Gasteiger partial charge in [-0.25, -0.2) is 4.39 Å². The van der Waals surface area contributed by atoms with Crippen LogP contribution in [0, 0.1) is 28.5 Å². The molecule has 0 amide bonds. The van der Waals surface area contributed by atoms with Crippen molar-refractivity contribution in [1.29, 1.82) is 5.26 Å². The number of benzene rings is 1. The van der Waals surface area contributed by atoms with Gasteiger partial charge in [-0.2, -0.15) is 5.26 Å². The van der Waals surface area contributed by atoms with Crippen LogP contribution in [-0.2, 0) is 6.54 Å². The van der Waals surface area contributed by atoms with Crippen LogP contribution in [0.25, 0.3) is 0 Å². The van der Waals surface area contributed by atoms with E-state index in [1.807, 2.05) is 6.07 Å². The Labute approximate surface area is 127 Å². The van der Waals surface area contributed by atoms with Crippen molar-refractivity contribution in [3.8, 4) is 6.07 Å². The standard InChI is InChI=1S/C18H25FN2/c1-18(2,3)16-5-4-7-21(8-6-16)13-15-9-14(12-20)10-17(19)11-15/h9-11,16H,4-8,13H2,1-3H3. The fourth-order valence-electron chi connectivity index (χ4n) is 3.24. The molecule has 2 nitrogen and oxygen atoms in total. The summed E-state index contributed by atoms with van der Waals surface area (Å²) in [5.41, 5.74) is 1.68. The van der Waals surface area contributed by atoms with Crippen molar-refractivity contribution in [2.24, 2.45) is 11.3 Å². The summed E-state index contributed by atoms with van der Waals surface area (Å²) < 4.78 is 13.5. The van der Waals surface area contributed by atoms with E-state index in [-0.39, 0.29) is 5.82 Å². The second-order valence-corrected chi connectivity index (χ2v) is 7.23. The summed E-state index contributed by atoms with van der Waals surface area (Å²) in [5.74, 6) is 0.441. The zero-order valence-electron chi connectivity index (χ0n) is 13.3. The van der Waals surface area contributed by atoms with Gasteiger partial charge in [0.1, 0.15) is 5.82 Å². The molecule has 1 fully saturated rings. The van der Waals surface area contributed by atoms with Crippen molar-refractivity contribution in [2.75, 3.05) is 13.1 Å². The number of nitrogens with zero attached hydrogens (tertiary/aromatic N) is 2. The summed E-state index contributed by atoms with van der Waals surface area (Å²) >= 11 is 0. The second-order valence-electron chi connectivity index (χ2n) is 7.23. The SMILES string of the molecule is CC(C)(C)C1CCCN(Cc2cc(F)cc(C#N)c2)CC1. The van der Waals surface area contributed by atoms with Crippen LogP contribution in [0.2, 0.25) is 0 Å². The van der Waals surface area contributed by atoms with Crippen LogP contribution in [0.5, 0.6) is 0 Å². The maximum absolute atomic E-state index is 13.5. The van der Waals surface area contributed by atoms with Gasteiger partial charge in [0.2, 0.25) is 0 Å². The van der Waals surface area contributed by atoms with Gasteiger partial charge < -0.3 is 0 Å². The fraction of sp³-hybridized carbons (Fsp3) is 0.611. The Morgan fingerprint density at radius 2 is 2.00 bits per heavy atom. The third-order valence-electron chi connectivity index (χ3n) is 4.54. The zero-order valence-corrected chi connectivity index (χ0v) is 13.3. The number of halogens is 1. The van der Waals surface area contributed by atoms with Gasteiger partial charge in [0.25, 0.3) is 0 Å². The number of rotatable bonds is 2. The highest BCUT2D eigenvalue weighted by molar-refractivity contribution is 5.33. The van der Waals surface area contributed by atoms with E-state index in [4.69, 9.17) is 5.26 Å². The first-order valence-corrected chi connectivity index (χ1v) is 7.80. The largest absolute Gasteiger partial charge is 0.299 e. The normalized spacial score (nSPS) is 20.8. The first kappa shape index (κ1) is 16.0. The molecule has 0 radical (unpaired) electrons. The molecule has 0 saturated carbocycles. The molecule has 0 spiro atoms. The minimum Gasteiger partial charge on any atom is -0.299 e. The Kier molecular flexibility index (Phi) is 5.00. The smallest absolute Gasteiger partial charge is 0.124 e. The van der Waals surface area contributed by atoms with Gasteiger partial charge in [-0.3, -0.25) is 4.90 Å². The van der Waals surface area contributed by atoms with Gasteiger partial charge in [0.15, 0.2) is 0 Å². The van der Waals surface area contributed by atoms with Crippen molar-refractivity contribution in [1.82, 2.24) is 4.90 Å². The van der Waals surface area contributed by atoms with Gasteiger partial charge in [-0.15, -0.1) is 0 Å². The lowest BCUT2D eigenvalue weighted by Gasteiger charge is -2.29. The molecule has 1 aromatic carbocycles. The van der Waals surface area contributed by atoms with Gasteiger partial charge in [-0.1, -0.05) is 20.8 Å². The minimum absolute atomic E-state index is 0.313. The summed E-state index contributed by atoms with van der Waals surface area (Å²) in [7, 11) is 0. The highest BCUT2D eigenvalue weighted by atomic mass is 19.1. The van der Waals surface area contributed by atoms with Gasteiger partial charge >= 0.3 is 0 Å².